The van der Waals surface area contributed by atoms with Gasteiger partial charge in [0.15, 0.2) is 0 Å². The maximum atomic E-state index is 12.3. The zero-order valence-electron chi connectivity index (χ0n) is 14.3. The van der Waals surface area contributed by atoms with Crippen LogP contribution in [0.25, 0.3) is 0 Å². The summed E-state index contributed by atoms with van der Waals surface area (Å²) in [7, 11) is 0. The number of anilines is 1. The van der Waals surface area contributed by atoms with Crippen LogP contribution in [-0.4, -0.2) is 35.2 Å². The first-order chi connectivity index (χ1) is 10.3. The minimum absolute atomic E-state index is 0.173. The maximum absolute atomic E-state index is 12.3. The second kappa shape index (κ2) is 6.59. The van der Waals surface area contributed by atoms with Crippen LogP contribution in [0.1, 0.15) is 41.0 Å². The van der Waals surface area contributed by atoms with E-state index in [0.29, 0.717) is 12.0 Å². The van der Waals surface area contributed by atoms with Gasteiger partial charge >= 0.3 is 6.09 Å². The predicted octanol–water partition coefficient (Wildman–Crippen LogP) is 4.13. The molecule has 0 bridgehead atoms. The van der Waals surface area contributed by atoms with Gasteiger partial charge in [-0.05, 0) is 52.2 Å². The van der Waals surface area contributed by atoms with Crippen LogP contribution >= 0.6 is 0 Å². The van der Waals surface area contributed by atoms with Gasteiger partial charge in [-0.2, -0.15) is 0 Å². The van der Waals surface area contributed by atoms with Gasteiger partial charge in [0.2, 0.25) is 0 Å². The number of nitrogens with one attached hydrogen (secondary N) is 1. The summed E-state index contributed by atoms with van der Waals surface area (Å²) in [5.41, 5.74) is 0.691. The van der Waals surface area contributed by atoms with Gasteiger partial charge in [-0.25, -0.2) is 4.79 Å². The number of para-hydroxylation sites is 1. The van der Waals surface area contributed by atoms with Gasteiger partial charge in [0.1, 0.15) is 5.60 Å². The highest BCUT2D eigenvalue weighted by molar-refractivity contribution is 5.68. The highest BCUT2D eigenvalue weighted by Gasteiger charge is 2.35. The lowest BCUT2D eigenvalue weighted by Crippen LogP contribution is -2.53. The number of carbonyl (C=O) groups excluding carboxylic acids is 1. The summed E-state index contributed by atoms with van der Waals surface area (Å²) >= 11 is 0. The summed E-state index contributed by atoms with van der Waals surface area (Å²) < 4.78 is 5.52. The van der Waals surface area contributed by atoms with Crippen molar-refractivity contribution < 1.29 is 9.53 Å². The molecular weight excluding hydrogens is 276 g/mol. The lowest BCUT2D eigenvalue weighted by atomic mass is 9.89. The molecule has 1 aliphatic heterocycles. The fourth-order valence-corrected chi connectivity index (χ4v) is 2.87. The Kier molecular flexibility index (Phi) is 4.99. The zero-order chi connectivity index (χ0) is 16.3. The number of likely N-dealkylation sites (tertiary alicyclic amines) is 1. The van der Waals surface area contributed by atoms with Crippen molar-refractivity contribution in [3.63, 3.8) is 0 Å². The first kappa shape index (κ1) is 16.7. The number of ether oxygens (including phenoxy) is 1. The van der Waals surface area contributed by atoms with Crippen molar-refractivity contribution in [1.82, 2.24) is 4.90 Å². The molecule has 3 atom stereocenters. The Balaban J connectivity index is 1.98. The molecule has 0 aromatic heterocycles. The van der Waals surface area contributed by atoms with E-state index in [1.807, 2.05) is 43.9 Å². The normalized spacial score (nSPS) is 25.7. The highest BCUT2D eigenvalue weighted by atomic mass is 16.6. The summed E-state index contributed by atoms with van der Waals surface area (Å²) in [6.45, 7) is 10.7. The quantitative estimate of drug-likeness (QED) is 0.893. The molecule has 4 heteroatoms. The van der Waals surface area contributed by atoms with Crippen molar-refractivity contribution in [3.05, 3.63) is 30.3 Å². The second-order valence-corrected chi connectivity index (χ2v) is 7.31. The molecule has 0 unspecified atom stereocenters. The Morgan fingerprint density at radius 2 is 1.86 bits per heavy atom. The van der Waals surface area contributed by atoms with Gasteiger partial charge in [0.25, 0.3) is 0 Å². The molecule has 4 nitrogen and oxygen atoms in total. The van der Waals surface area contributed by atoms with E-state index in [-0.39, 0.29) is 12.1 Å². The maximum Gasteiger partial charge on any atom is 0.410 e. The number of amides is 1. The van der Waals surface area contributed by atoms with Crippen molar-refractivity contribution in [3.8, 4) is 0 Å². The van der Waals surface area contributed by atoms with Gasteiger partial charge in [-0.1, -0.05) is 25.1 Å². The number of hydrogen-bond donors (Lipinski definition) is 1. The lowest BCUT2D eigenvalue weighted by molar-refractivity contribution is 0.00510. The molecule has 122 valence electrons. The summed E-state index contributed by atoms with van der Waals surface area (Å²) in [4.78, 5) is 14.2. The van der Waals surface area contributed by atoms with Crippen LogP contribution in [0.5, 0.6) is 0 Å². The van der Waals surface area contributed by atoms with Crippen LogP contribution in [0.15, 0.2) is 30.3 Å². The van der Waals surface area contributed by atoms with Gasteiger partial charge < -0.3 is 15.0 Å². The molecular formula is C18H28N2O2. The van der Waals surface area contributed by atoms with Crippen molar-refractivity contribution in [2.75, 3.05) is 11.9 Å². The highest BCUT2D eigenvalue weighted by Crippen LogP contribution is 2.26. The molecule has 1 heterocycles. The Hall–Kier alpha value is -1.71. The number of benzene rings is 1. The zero-order valence-corrected chi connectivity index (χ0v) is 14.3. The van der Waals surface area contributed by atoms with Gasteiger partial charge in [0.05, 0.1) is 0 Å². The molecule has 1 aromatic rings. The van der Waals surface area contributed by atoms with Crippen LogP contribution < -0.4 is 5.32 Å². The number of rotatable bonds is 2. The molecule has 1 saturated heterocycles. The Morgan fingerprint density at radius 1 is 1.23 bits per heavy atom. The predicted molar refractivity (Wildman–Crippen MR) is 90.0 cm³/mol. The number of carbonyl (C=O) groups is 1. The van der Waals surface area contributed by atoms with Crippen LogP contribution in [0.2, 0.25) is 0 Å². The monoisotopic (exact) mass is 304 g/mol. The van der Waals surface area contributed by atoms with E-state index in [1.54, 1.807) is 0 Å². The molecule has 22 heavy (non-hydrogen) atoms. The van der Waals surface area contributed by atoms with E-state index in [1.165, 1.54) is 0 Å². The average Bonchev–Trinajstić information content (AvgIpc) is 2.41. The third-order valence-corrected chi connectivity index (χ3v) is 4.05. The fraction of sp³-hybridized carbons (Fsp3) is 0.611. The third kappa shape index (κ3) is 4.39. The molecule has 2 rings (SSSR count). The molecule has 1 amide bonds. The van der Waals surface area contributed by atoms with Crippen molar-refractivity contribution in [2.45, 2.75) is 58.7 Å². The summed E-state index contributed by atoms with van der Waals surface area (Å²) in [6, 6.07) is 10.8. The topological polar surface area (TPSA) is 41.6 Å². The minimum Gasteiger partial charge on any atom is -0.444 e. The van der Waals surface area contributed by atoms with Crippen LogP contribution in [0.4, 0.5) is 10.5 Å². The van der Waals surface area contributed by atoms with E-state index in [0.717, 1.165) is 18.7 Å². The first-order valence-electron chi connectivity index (χ1n) is 8.07. The second-order valence-electron chi connectivity index (χ2n) is 7.31. The van der Waals surface area contributed by atoms with Crippen molar-refractivity contribution in [2.24, 2.45) is 5.92 Å². The molecule has 1 aliphatic rings. The van der Waals surface area contributed by atoms with Crippen molar-refractivity contribution >= 4 is 11.8 Å². The first-order valence-corrected chi connectivity index (χ1v) is 8.07. The van der Waals surface area contributed by atoms with E-state index in [9.17, 15) is 4.79 Å². The smallest absolute Gasteiger partial charge is 0.410 e. The Labute approximate surface area is 133 Å². The van der Waals surface area contributed by atoms with Gasteiger partial charge in [-0.3, -0.25) is 0 Å². The molecule has 1 N–H and O–H groups in total. The van der Waals surface area contributed by atoms with Crippen LogP contribution in [0, 0.1) is 5.92 Å². The van der Waals surface area contributed by atoms with Crippen molar-refractivity contribution in [1.29, 1.82) is 0 Å². The third-order valence-electron chi connectivity index (χ3n) is 4.05. The van der Waals surface area contributed by atoms with Crippen LogP contribution in [-0.2, 0) is 4.74 Å². The molecule has 1 fully saturated rings. The largest absolute Gasteiger partial charge is 0.444 e. The van der Waals surface area contributed by atoms with Gasteiger partial charge in [0, 0.05) is 24.3 Å². The Morgan fingerprint density at radius 3 is 2.45 bits per heavy atom. The molecule has 0 radical (unpaired) electrons. The molecule has 1 aromatic carbocycles. The molecule has 0 saturated carbocycles. The molecule has 0 spiro atoms. The standard InChI is InChI=1S/C18H28N2O2/c1-13-12-20(17(21)22-18(3,4)5)14(2)11-16(13)19-15-9-7-6-8-10-15/h6-10,13-14,16,19H,11-12H2,1-5H3/t13-,14+,16-/m0/s1. The number of hydrogen-bond acceptors (Lipinski definition) is 3. The van der Waals surface area contributed by atoms with E-state index in [4.69, 9.17) is 4.74 Å². The average molecular weight is 304 g/mol. The molecule has 0 aliphatic carbocycles. The van der Waals surface area contributed by atoms with E-state index < -0.39 is 5.60 Å². The summed E-state index contributed by atoms with van der Waals surface area (Å²) in [6.07, 6.45) is 0.722. The summed E-state index contributed by atoms with van der Waals surface area (Å²) in [5, 5.41) is 3.59. The SMILES string of the molecule is C[C@@H]1C[C@H](Nc2ccccc2)[C@@H](C)CN1C(=O)OC(C)(C)C. The summed E-state index contributed by atoms with van der Waals surface area (Å²) in [5.74, 6) is 0.379. The van der Waals surface area contributed by atoms with Gasteiger partial charge in [-0.15, -0.1) is 0 Å². The van der Waals surface area contributed by atoms with Crippen LogP contribution in [0.3, 0.4) is 0 Å². The van der Waals surface area contributed by atoms with E-state index in [2.05, 4.69) is 31.3 Å². The van der Waals surface area contributed by atoms with E-state index >= 15 is 0 Å². The number of nitrogens with zero attached hydrogens (tertiary/aromatic N) is 1. The fourth-order valence-electron chi connectivity index (χ4n) is 2.87. The Bertz CT molecular complexity index is 496. The number of piperidine rings is 1. The minimum atomic E-state index is -0.445. The lowest BCUT2D eigenvalue weighted by Gasteiger charge is -2.42.